The van der Waals surface area contributed by atoms with Gasteiger partial charge in [0.2, 0.25) is 0 Å². The summed E-state index contributed by atoms with van der Waals surface area (Å²) in [7, 11) is 0.120. The van der Waals surface area contributed by atoms with Crippen molar-refractivity contribution in [1.29, 1.82) is 0 Å². The van der Waals surface area contributed by atoms with E-state index in [1.807, 2.05) is 0 Å². The minimum Gasteiger partial charge on any atom is -0.00840 e. The molecular formula is C3H10PPd+. The van der Waals surface area contributed by atoms with Crippen LogP contribution in [0.25, 0.3) is 0 Å². The SMILES string of the molecule is C[PH+](C)C.[Pd]. The molecule has 0 bridgehead atoms. The Labute approximate surface area is 48.7 Å². The Hall–Kier alpha value is 1.09. The quantitative estimate of drug-likeness (QED) is 0.390. The van der Waals surface area contributed by atoms with Crippen molar-refractivity contribution < 1.29 is 20.4 Å². The first-order valence-corrected chi connectivity index (χ1v) is 4.50. The molecule has 0 aromatic rings. The zero-order valence-corrected chi connectivity index (χ0v) is 6.37. The molecule has 0 radical (unpaired) electrons. The van der Waals surface area contributed by atoms with Gasteiger partial charge in [-0.1, -0.05) is 0 Å². The molecule has 0 saturated carbocycles. The Balaban J connectivity index is 0. The summed E-state index contributed by atoms with van der Waals surface area (Å²) in [6.45, 7) is 6.81. The van der Waals surface area contributed by atoms with Gasteiger partial charge in [0, 0.05) is 40.4 Å². The van der Waals surface area contributed by atoms with Crippen LogP contribution in [0.1, 0.15) is 0 Å². The van der Waals surface area contributed by atoms with Crippen LogP contribution < -0.4 is 0 Å². The first-order valence-electron chi connectivity index (χ1n) is 1.50. The molecule has 0 aliphatic carbocycles. The molecule has 0 N–H and O–H groups in total. The van der Waals surface area contributed by atoms with Gasteiger partial charge in [0.15, 0.2) is 0 Å². The number of rotatable bonds is 0. The van der Waals surface area contributed by atoms with E-state index < -0.39 is 0 Å². The summed E-state index contributed by atoms with van der Waals surface area (Å²) in [5, 5.41) is 0. The van der Waals surface area contributed by atoms with E-state index in [1.165, 1.54) is 0 Å². The topological polar surface area (TPSA) is 0 Å². The molecule has 0 nitrogen and oxygen atoms in total. The van der Waals surface area contributed by atoms with Gasteiger partial charge in [-0.05, 0) is 7.92 Å². The third-order valence-electron chi connectivity index (χ3n) is 0. The van der Waals surface area contributed by atoms with Gasteiger partial charge in [-0.2, -0.15) is 0 Å². The van der Waals surface area contributed by atoms with Crippen LogP contribution in [0.5, 0.6) is 0 Å². The minimum atomic E-state index is 0. The normalized spacial score (nSPS) is 7.20. The third kappa shape index (κ3) is 40.8. The Bertz CT molecular complexity index is 11.6. The van der Waals surface area contributed by atoms with E-state index in [4.69, 9.17) is 0 Å². The fourth-order valence-corrected chi connectivity index (χ4v) is 0. The molecule has 0 rings (SSSR count). The summed E-state index contributed by atoms with van der Waals surface area (Å²) in [6.07, 6.45) is 0. The summed E-state index contributed by atoms with van der Waals surface area (Å²) in [6, 6.07) is 0. The molecule has 0 aliphatic heterocycles. The summed E-state index contributed by atoms with van der Waals surface area (Å²) < 4.78 is 0. The third-order valence-corrected chi connectivity index (χ3v) is 0. The molecule has 36 valence electrons. The molecule has 0 heterocycles. The van der Waals surface area contributed by atoms with Gasteiger partial charge in [-0.15, -0.1) is 0 Å². The molecule has 0 spiro atoms. The first-order chi connectivity index (χ1) is 1.73. The second-order valence-corrected chi connectivity index (χ2v) is 4.50. The molecule has 5 heavy (non-hydrogen) atoms. The Kier molecular flexibility index (Phi) is 9.61. The van der Waals surface area contributed by atoms with Gasteiger partial charge in [0.25, 0.3) is 0 Å². The summed E-state index contributed by atoms with van der Waals surface area (Å²) in [5.41, 5.74) is 0. The van der Waals surface area contributed by atoms with Crippen LogP contribution >= 0.6 is 7.92 Å². The van der Waals surface area contributed by atoms with Crippen LogP contribution in [-0.2, 0) is 20.4 Å². The van der Waals surface area contributed by atoms with Gasteiger partial charge in [-0.3, -0.25) is 0 Å². The van der Waals surface area contributed by atoms with Crippen LogP contribution in [0.15, 0.2) is 0 Å². The second-order valence-electron chi connectivity index (χ2n) is 1.50. The molecule has 0 aromatic carbocycles. The zero-order chi connectivity index (χ0) is 3.58. The van der Waals surface area contributed by atoms with Crippen LogP contribution in [0, 0.1) is 0 Å². The van der Waals surface area contributed by atoms with E-state index in [9.17, 15) is 0 Å². The van der Waals surface area contributed by atoms with Gasteiger partial charge in [-0.25, -0.2) is 0 Å². The molecule has 0 saturated heterocycles. The van der Waals surface area contributed by atoms with Gasteiger partial charge >= 0.3 is 0 Å². The van der Waals surface area contributed by atoms with Crippen molar-refractivity contribution in [1.82, 2.24) is 0 Å². The fourth-order valence-electron chi connectivity index (χ4n) is 0. The van der Waals surface area contributed by atoms with E-state index in [0.29, 0.717) is 0 Å². The molecule has 2 heteroatoms. The van der Waals surface area contributed by atoms with Crippen LogP contribution in [-0.4, -0.2) is 20.0 Å². The average Bonchev–Trinajstić information content (AvgIpc) is 0.811. The molecule has 0 aliphatic rings. The van der Waals surface area contributed by atoms with Gasteiger partial charge in [0.1, 0.15) is 0 Å². The van der Waals surface area contributed by atoms with Crippen molar-refractivity contribution in [3.05, 3.63) is 0 Å². The molecule has 0 fully saturated rings. The minimum absolute atomic E-state index is 0. The summed E-state index contributed by atoms with van der Waals surface area (Å²) >= 11 is 0. The summed E-state index contributed by atoms with van der Waals surface area (Å²) in [4.78, 5) is 0. The van der Waals surface area contributed by atoms with Crippen molar-refractivity contribution in [3.8, 4) is 0 Å². The monoisotopic (exact) mass is 183 g/mol. The number of hydrogen-bond acceptors (Lipinski definition) is 0. The Morgan fingerprint density at radius 2 is 1.00 bits per heavy atom. The van der Waals surface area contributed by atoms with Gasteiger partial charge in [0.05, 0.1) is 0 Å². The van der Waals surface area contributed by atoms with Crippen molar-refractivity contribution in [2.45, 2.75) is 0 Å². The van der Waals surface area contributed by atoms with Crippen molar-refractivity contribution in [2.24, 2.45) is 0 Å². The molecule has 0 unspecified atom stereocenters. The summed E-state index contributed by atoms with van der Waals surface area (Å²) in [5.74, 6) is 0. The first kappa shape index (κ1) is 9.43. The van der Waals surface area contributed by atoms with Crippen molar-refractivity contribution in [3.63, 3.8) is 0 Å². The van der Waals surface area contributed by atoms with Gasteiger partial charge < -0.3 is 0 Å². The molecular weight excluding hydrogens is 173 g/mol. The van der Waals surface area contributed by atoms with E-state index in [1.54, 1.807) is 0 Å². The predicted octanol–water partition coefficient (Wildman–Crippen LogP) is 1.09. The predicted molar refractivity (Wildman–Crippen MR) is 26.1 cm³/mol. The Morgan fingerprint density at radius 3 is 1.00 bits per heavy atom. The standard InChI is InChI=1S/C3H9P.Pd/c1-4(2)3;/h1-3H3;/p+1. The van der Waals surface area contributed by atoms with E-state index in [-0.39, 0.29) is 28.3 Å². The maximum absolute atomic E-state index is 2.27. The van der Waals surface area contributed by atoms with Crippen molar-refractivity contribution in [2.75, 3.05) is 20.0 Å². The Morgan fingerprint density at radius 1 is 1.00 bits per heavy atom. The molecule has 0 aromatic heterocycles. The van der Waals surface area contributed by atoms with Crippen LogP contribution in [0.4, 0.5) is 0 Å². The maximum atomic E-state index is 2.27. The van der Waals surface area contributed by atoms with E-state index in [2.05, 4.69) is 20.0 Å². The van der Waals surface area contributed by atoms with E-state index in [0.717, 1.165) is 0 Å². The van der Waals surface area contributed by atoms with Crippen LogP contribution in [0.3, 0.4) is 0 Å². The zero-order valence-electron chi connectivity index (χ0n) is 3.82. The number of hydrogen-bond donors (Lipinski definition) is 0. The molecule has 0 atom stereocenters. The largest absolute Gasteiger partial charge is 0.0461 e. The maximum Gasteiger partial charge on any atom is 0.0461 e. The van der Waals surface area contributed by atoms with E-state index >= 15 is 0 Å². The molecule has 0 amide bonds. The smallest absolute Gasteiger partial charge is 0.00840 e. The van der Waals surface area contributed by atoms with Crippen molar-refractivity contribution >= 4 is 7.92 Å². The fraction of sp³-hybridized carbons (Fsp3) is 1.00. The average molecular weight is 184 g/mol. The second kappa shape index (κ2) is 5.09. The van der Waals surface area contributed by atoms with Crippen LogP contribution in [0.2, 0.25) is 0 Å².